The molecule has 1 aromatic carbocycles. The van der Waals surface area contributed by atoms with Crippen LogP contribution in [-0.4, -0.2) is 36.1 Å². The zero-order valence-electron chi connectivity index (χ0n) is 13.8. The molecule has 0 aliphatic carbocycles. The summed E-state index contributed by atoms with van der Waals surface area (Å²) in [6.07, 6.45) is 0.116. The lowest BCUT2D eigenvalue weighted by molar-refractivity contribution is -0.126. The molecule has 2 amide bonds. The lowest BCUT2D eigenvalue weighted by Crippen LogP contribution is -2.39. The molecule has 0 bridgehead atoms. The van der Waals surface area contributed by atoms with Crippen LogP contribution in [0.25, 0.3) is 0 Å². The van der Waals surface area contributed by atoms with Crippen molar-refractivity contribution >= 4 is 17.5 Å². The molecule has 2 N–H and O–H groups in total. The molecule has 1 aliphatic heterocycles. The summed E-state index contributed by atoms with van der Waals surface area (Å²) in [5.74, 6) is -2.80. The predicted molar refractivity (Wildman–Crippen MR) is 85.3 cm³/mol. The molecule has 1 aliphatic rings. The highest BCUT2D eigenvalue weighted by Crippen LogP contribution is 2.26. The molecule has 1 aromatic rings. The number of benzene rings is 1. The quantitative estimate of drug-likeness (QED) is 0.830. The molecule has 132 valence electrons. The molecule has 3 atom stereocenters. The first kappa shape index (κ1) is 18.3. The SMILES string of the molecule is CCC(C)C(O)CNC(=O)C1CC(=O)N(c2cc(F)cc(F)c2)C1. The second-order valence-electron chi connectivity index (χ2n) is 6.23. The maximum absolute atomic E-state index is 13.3. The van der Waals surface area contributed by atoms with Crippen molar-refractivity contribution < 1.29 is 23.5 Å². The number of amides is 2. The van der Waals surface area contributed by atoms with Crippen molar-refractivity contribution in [2.45, 2.75) is 32.8 Å². The Labute approximate surface area is 139 Å². The van der Waals surface area contributed by atoms with Crippen molar-refractivity contribution in [1.82, 2.24) is 5.32 Å². The van der Waals surface area contributed by atoms with Gasteiger partial charge in [0.1, 0.15) is 11.6 Å². The number of hydrogen-bond donors (Lipinski definition) is 2. The van der Waals surface area contributed by atoms with Gasteiger partial charge in [0.25, 0.3) is 0 Å². The summed E-state index contributed by atoms with van der Waals surface area (Å²) in [4.78, 5) is 25.4. The number of rotatable bonds is 6. The van der Waals surface area contributed by atoms with Crippen LogP contribution in [0.5, 0.6) is 0 Å². The number of hydrogen-bond acceptors (Lipinski definition) is 3. The molecule has 5 nitrogen and oxygen atoms in total. The fourth-order valence-electron chi connectivity index (χ4n) is 2.65. The zero-order valence-corrected chi connectivity index (χ0v) is 13.8. The van der Waals surface area contributed by atoms with Gasteiger partial charge in [-0.2, -0.15) is 0 Å². The Morgan fingerprint density at radius 3 is 2.58 bits per heavy atom. The number of anilines is 1. The monoisotopic (exact) mass is 340 g/mol. The summed E-state index contributed by atoms with van der Waals surface area (Å²) < 4.78 is 26.6. The second-order valence-corrected chi connectivity index (χ2v) is 6.23. The van der Waals surface area contributed by atoms with Gasteiger partial charge in [-0.15, -0.1) is 0 Å². The van der Waals surface area contributed by atoms with Crippen molar-refractivity contribution in [2.24, 2.45) is 11.8 Å². The summed E-state index contributed by atoms with van der Waals surface area (Å²) in [6, 6.07) is 2.85. The number of aliphatic hydroxyl groups excluding tert-OH is 1. The molecule has 0 radical (unpaired) electrons. The van der Waals surface area contributed by atoms with Crippen LogP contribution < -0.4 is 10.2 Å². The number of aliphatic hydroxyl groups is 1. The van der Waals surface area contributed by atoms with Gasteiger partial charge in [0.2, 0.25) is 11.8 Å². The van der Waals surface area contributed by atoms with Gasteiger partial charge in [-0.3, -0.25) is 9.59 Å². The minimum absolute atomic E-state index is 0.0244. The van der Waals surface area contributed by atoms with Crippen LogP contribution in [-0.2, 0) is 9.59 Å². The zero-order chi connectivity index (χ0) is 17.9. The lowest BCUT2D eigenvalue weighted by atomic mass is 10.0. The van der Waals surface area contributed by atoms with Crippen LogP contribution in [0.4, 0.5) is 14.5 Å². The summed E-state index contributed by atoms with van der Waals surface area (Å²) in [7, 11) is 0. The number of carbonyl (C=O) groups is 2. The molecule has 3 unspecified atom stereocenters. The first-order valence-electron chi connectivity index (χ1n) is 8.04. The van der Waals surface area contributed by atoms with Crippen LogP contribution in [0.2, 0.25) is 0 Å². The summed E-state index contributed by atoms with van der Waals surface area (Å²) in [6.45, 7) is 4.01. The van der Waals surface area contributed by atoms with E-state index in [0.717, 1.165) is 24.6 Å². The van der Waals surface area contributed by atoms with E-state index in [1.54, 1.807) is 0 Å². The molecular formula is C17H22F2N2O3. The number of halogens is 2. The van der Waals surface area contributed by atoms with Gasteiger partial charge in [-0.1, -0.05) is 20.3 Å². The van der Waals surface area contributed by atoms with Crippen LogP contribution in [0.15, 0.2) is 18.2 Å². The van der Waals surface area contributed by atoms with Crippen LogP contribution in [0, 0.1) is 23.5 Å². The highest BCUT2D eigenvalue weighted by molar-refractivity contribution is 6.00. The van der Waals surface area contributed by atoms with Gasteiger partial charge >= 0.3 is 0 Å². The van der Waals surface area contributed by atoms with Crippen molar-refractivity contribution in [3.63, 3.8) is 0 Å². The number of nitrogens with zero attached hydrogens (tertiary/aromatic N) is 1. The number of carbonyl (C=O) groups excluding carboxylic acids is 2. The lowest BCUT2D eigenvalue weighted by Gasteiger charge is -2.19. The Kier molecular flexibility index (Phi) is 5.88. The van der Waals surface area contributed by atoms with Crippen LogP contribution >= 0.6 is 0 Å². The fraction of sp³-hybridized carbons (Fsp3) is 0.529. The van der Waals surface area contributed by atoms with E-state index in [2.05, 4.69) is 5.32 Å². The minimum atomic E-state index is -0.776. The Balaban J connectivity index is 1.97. The van der Waals surface area contributed by atoms with Crippen molar-refractivity contribution in [3.8, 4) is 0 Å². The van der Waals surface area contributed by atoms with Gasteiger partial charge in [-0.05, 0) is 18.1 Å². The summed E-state index contributed by atoms with van der Waals surface area (Å²) in [5, 5.41) is 12.5. The first-order chi connectivity index (χ1) is 11.3. The standard InChI is InChI=1S/C17H22F2N2O3/c1-3-10(2)15(22)8-20-17(24)11-4-16(23)21(9-11)14-6-12(18)5-13(19)7-14/h5-7,10-11,15,22H,3-4,8-9H2,1-2H3,(H,20,24). The first-order valence-corrected chi connectivity index (χ1v) is 8.04. The molecule has 1 heterocycles. The van der Waals surface area contributed by atoms with Gasteiger partial charge in [0.15, 0.2) is 0 Å². The van der Waals surface area contributed by atoms with Crippen molar-refractivity contribution in [1.29, 1.82) is 0 Å². The van der Waals surface area contributed by atoms with E-state index in [0.29, 0.717) is 0 Å². The third-order valence-electron chi connectivity index (χ3n) is 4.44. The van der Waals surface area contributed by atoms with E-state index in [9.17, 15) is 23.5 Å². The molecular weight excluding hydrogens is 318 g/mol. The molecule has 24 heavy (non-hydrogen) atoms. The largest absolute Gasteiger partial charge is 0.391 e. The van der Waals surface area contributed by atoms with Crippen molar-refractivity contribution in [2.75, 3.05) is 18.0 Å². The maximum atomic E-state index is 13.3. The van der Waals surface area contributed by atoms with Crippen LogP contribution in [0.1, 0.15) is 26.7 Å². The molecule has 0 aromatic heterocycles. The summed E-state index contributed by atoms with van der Waals surface area (Å²) >= 11 is 0. The Morgan fingerprint density at radius 1 is 1.38 bits per heavy atom. The highest BCUT2D eigenvalue weighted by atomic mass is 19.1. The predicted octanol–water partition coefficient (Wildman–Crippen LogP) is 1.84. The van der Waals surface area contributed by atoms with Gasteiger partial charge < -0.3 is 15.3 Å². The van der Waals surface area contributed by atoms with E-state index in [1.165, 1.54) is 4.90 Å². The molecule has 7 heteroatoms. The van der Waals surface area contributed by atoms with E-state index in [1.807, 2.05) is 13.8 Å². The maximum Gasteiger partial charge on any atom is 0.227 e. The molecule has 0 spiro atoms. The second kappa shape index (κ2) is 7.70. The van der Waals surface area contributed by atoms with Gasteiger partial charge in [-0.25, -0.2) is 8.78 Å². The molecule has 1 fully saturated rings. The molecule has 0 saturated carbocycles. The molecule has 1 saturated heterocycles. The third-order valence-corrected chi connectivity index (χ3v) is 4.44. The average Bonchev–Trinajstić information content (AvgIpc) is 2.92. The van der Waals surface area contributed by atoms with E-state index in [-0.39, 0.29) is 42.9 Å². The smallest absolute Gasteiger partial charge is 0.227 e. The fourth-order valence-corrected chi connectivity index (χ4v) is 2.65. The minimum Gasteiger partial charge on any atom is -0.391 e. The number of nitrogens with one attached hydrogen (secondary N) is 1. The van der Waals surface area contributed by atoms with Gasteiger partial charge in [0, 0.05) is 31.3 Å². The Morgan fingerprint density at radius 2 is 2.00 bits per heavy atom. The average molecular weight is 340 g/mol. The Bertz CT molecular complexity index is 604. The normalized spacial score (nSPS) is 20.1. The highest BCUT2D eigenvalue weighted by Gasteiger charge is 2.35. The summed E-state index contributed by atoms with van der Waals surface area (Å²) in [5.41, 5.74) is 0.104. The van der Waals surface area contributed by atoms with Crippen molar-refractivity contribution in [3.05, 3.63) is 29.8 Å². The van der Waals surface area contributed by atoms with E-state index < -0.39 is 23.7 Å². The van der Waals surface area contributed by atoms with E-state index >= 15 is 0 Å². The van der Waals surface area contributed by atoms with Gasteiger partial charge in [0.05, 0.1) is 12.0 Å². The third kappa shape index (κ3) is 4.29. The Hall–Kier alpha value is -2.02. The van der Waals surface area contributed by atoms with Crippen LogP contribution in [0.3, 0.4) is 0 Å². The molecule has 2 rings (SSSR count). The van der Waals surface area contributed by atoms with E-state index in [4.69, 9.17) is 0 Å². The topological polar surface area (TPSA) is 69.6 Å².